The first-order valence-corrected chi connectivity index (χ1v) is 13.6. The number of rotatable bonds is 10. The lowest BCUT2D eigenvalue weighted by atomic mass is 9.62. The van der Waals surface area contributed by atoms with E-state index in [4.69, 9.17) is 9.47 Å². The molecule has 4 aliphatic rings. The number of aliphatic hydroxyl groups excluding tert-OH is 1. The second-order valence-corrected chi connectivity index (χ2v) is 11.5. The van der Waals surface area contributed by atoms with Gasteiger partial charge in [0.2, 0.25) is 17.7 Å². The molecular weight excluding hydrogens is 464 g/mol. The Kier molecular flexibility index (Phi) is 8.00. The summed E-state index contributed by atoms with van der Waals surface area (Å²) in [5.74, 6) is -2.24. The highest BCUT2D eigenvalue weighted by molar-refractivity contribution is 5.99. The first-order valence-electron chi connectivity index (χ1n) is 13.6. The highest BCUT2D eigenvalue weighted by atomic mass is 16.5. The van der Waals surface area contributed by atoms with E-state index in [1.54, 1.807) is 4.90 Å². The van der Waals surface area contributed by atoms with Crippen molar-refractivity contribution in [3.8, 4) is 0 Å². The largest absolute Gasteiger partial charge is 0.394 e. The molecule has 10 nitrogen and oxygen atoms in total. The summed E-state index contributed by atoms with van der Waals surface area (Å²) in [5.41, 5.74) is -1.92. The van der Waals surface area contributed by atoms with E-state index in [-0.39, 0.29) is 36.2 Å². The predicted octanol–water partition coefficient (Wildman–Crippen LogP) is -0.0114. The molecule has 3 unspecified atom stereocenters. The fourth-order valence-corrected chi connectivity index (χ4v) is 6.97. The second kappa shape index (κ2) is 10.6. The first-order chi connectivity index (χ1) is 17.1. The van der Waals surface area contributed by atoms with Crippen LogP contribution >= 0.6 is 0 Å². The van der Waals surface area contributed by atoms with Crippen LogP contribution < -0.4 is 10.6 Å². The van der Waals surface area contributed by atoms with Gasteiger partial charge in [0, 0.05) is 32.7 Å². The van der Waals surface area contributed by atoms with Gasteiger partial charge in [-0.3, -0.25) is 19.3 Å². The topological polar surface area (TPSA) is 120 Å². The van der Waals surface area contributed by atoms with Gasteiger partial charge in [-0.1, -0.05) is 27.7 Å². The normalized spacial score (nSPS) is 36.9. The minimum absolute atomic E-state index is 0.00541. The Labute approximate surface area is 214 Å². The number of ether oxygens (including phenoxy) is 2. The van der Waals surface area contributed by atoms with Crippen LogP contribution in [0.25, 0.3) is 0 Å². The van der Waals surface area contributed by atoms with Gasteiger partial charge >= 0.3 is 0 Å². The Bertz CT molecular complexity index is 848. The molecule has 0 aromatic heterocycles. The van der Waals surface area contributed by atoms with Crippen LogP contribution in [0.1, 0.15) is 47.5 Å². The number of carbonyl (C=O) groups is 3. The molecule has 4 rings (SSSR count). The third-order valence-electron chi connectivity index (χ3n) is 8.98. The molecule has 2 bridgehead atoms. The average Bonchev–Trinajstić information content (AvgIpc) is 3.35. The van der Waals surface area contributed by atoms with Gasteiger partial charge in [-0.2, -0.15) is 0 Å². The van der Waals surface area contributed by atoms with Crippen molar-refractivity contribution in [2.75, 3.05) is 52.5 Å². The first kappa shape index (κ1) is 27.3. The van der Waals surface area contributed by atoms with Gasteiger partial charge < -0.3 is 30.1 Å². The molecule has 3 amide bonds. The maximum absolute atomic E-state index is 14.1. The van der Waals surface area contributed by atoms with Gasteiger partial charge in [0.25, 0.3) is 0 Å². The smallest absolute Gasteiger partial charge is 0.245 e. The van der Waals surface area contributed by atoms with Gasteiger partial charge in [0.1, 0.15) is 11.6 Å². The summed E-state index contributed by atoms with van der Waals surface area (Å²) in [4.78, 5) is 45.2. The summed E-state index contributed by atoms with van der Waals surface area (Å²) in [7, 11) is 0. The van der Waals surface area contributed by atoms with Crippen LogP contribution in [0.3, 0.4) is 0 Å². The summed E-state index contributed by atoms with van der Waals surface area (Å²) < 4.78 is 12.1. The molecule has 0 radical (unpaired) electrons. The highest BCUT2D eigenvalue weighted by Crippen LogP contribution is 2.65. The van der Waals surface area contributed by atoms with Crippen LogP contribution in [0.4, 0.5) is 0 Å². The fourth-order valence-electron chi connectivity index (χ4n) is 6.97. The zero-order chi connectivity index (χ0) is 26.3. The summed E-state index contributed by atoms with van der Waals surface area (Å²) >= 11 is 0. The minimum Gasteiger partial charge on any atom is -0.394 e. The van der Waals surface area contributed by atoms with Crippen LogP contribution in [0.5, 0.6) is 0 Å². The molecule has 4 fully saturated rings. The maximum Gasteiger partial charge on any atom is 0.245 e. The highest BCUT2D eigenvalue weighted by Gasteiger charge is 2.80. The Morgan fingerprint density at radius 1 is 1.17 bits per heavy atom. The Hall–Kier alpha value is -1.75. The molecule has 0 aromatic rings. The monoisotopic (exact) mass is 508 g/mol. The number of nitrogens with zero attached hydrogens (tertiary/aromatic N) is 2. The Morgan fingerprint density at radius 2 is 1.83 bits per heavy atom. The SMILES string of the molecule is CCCNC(=O)[C@H]1[C@H]2C(=O)N([C@@H](CO)C(C)C)C(C(=O)NCCN3CCOCC3)C23CC(C)[C@]1(C)O3. The van der Waals surface area contributed by atoms with E-state index < -0.39 is 35.1 Å². The molecule has 4 aliphatic heterocycles. The fraction of sp³-hybridized carbons (Fsp3) is 0.885. The van der Waals surface area contributed by atoms with Crippen LogP contribution in [0.2, 0.25) is 0 Å². The standard InChI is InChI=1S/C26H44N4O6/c1-6-7-27-22(32)19-20-24(34)30(18(15-31)16(2)3)21(26(20)14-17(4)25(19,5)36-26)23(33)28-8-9-29-10-12-35-13-11-29/h16-21,31H,6-15H2,1-5H3,(H,27,32)(H,28,33)/t17?,18-,19+,20-,21?,25-,26?/m0/s1. The van der Waals surface area contributed by atoms with Gasteiger partial charge in [0.15, 0.2) is 0 Å². The summed E-state index contributed by atoms with van der Waals surface area (Å²) in [6.45, 7) is 14.2. The van der Waals surface area contributed by atoms with Crippen LogP contribution in [0.15, 0.2) is 0 Å². The summed E-state index contributed by atoms with van der Waals surface area (Å²) in [6, 6.07) is -1.44. The Balaban J connectivity index is 1.65. The zero-order valence-electron chi connectivity index (χ0n) is 22.4. The molecule has 0 aliphatic carbocycles. The quantitative estimate of drug-likeness (QED) is 0.380. The van der Waals surface area contributed by atoms with Crippen molar-refractivity contribution in [3.05, 3.63) is 0 Å². The number of carbonyl (C=O) groups excluding carboxylic acids is 3. The molecule has 0 aromatic carbocycles. The number of likely N-dealkylation sites (tertiary alicyclic amines) is 1. The number of hydrogen-bond acceptors (Lipinski definition) is 7. The van der Waals surface area contributed by atoms with Gasteiger partial charge in [-0.05, 0) is 31.6 Å². The van der Waals surface area contributed by atoms with E-state index in [1.165, 1.54) is 0 Å². The van der Waals surface area contributed by atoms with E-state index in [9.17, 15) is 19.5 Å². The zero-order valence-corrected chi connectivity index (χ0v) is 22.4. The maximum atomic E-state index is 14.1. The lowest BCUT2D eigenvalue weighted by Gasteiger charge is -2.38. The van der Waals surface area contributed by atoms with Crippen LogP contribution in [0, 0.1) is 23.7 Å². The third-order valence-corrected chi connectivity index (χ3v) is 8.98. The number of morpholine rings is 1. The average molecular weight is 509 g/mol. The van der Waals surface area contributed by atoms with Gasteiger partial charge in [-0.25, -0.2) is 0 Å². The van der Waals surface area contributed by atoms with Crippen molar-refractivity contribution in [3.63, 3.8) is 0 Å². The number of amides is 3. The third kappa shape index (κ3) is 4.33. The van der Waals surface area contributed by atoms with Crippen molar-refractivity contribution in [2.45, 2.75) is 70.7 Å². The molecular formula is C26H44N4O6. The number of nitrogens with one attached hydrogen (secondary N) is 2. The van der Waals surface area contributed by atoms with E-state index in [1.807, 2.05) is 34.6 Å². The summed E-state index contributed by atoms with van der Waals surface area (Å²) in [5, 5.41) is 16.3. The van der Waals surface area contributed by atoms with E-state index in [2.05, 4.69) is 15.5 Å². The molecule has 36 heavy (non-hydrogen) atoms. The molecule has 0 saturated carbocycles. The van der Waals surface area contributed by atoms with Crippen LogP contribution in [-0.4, -0.2) is 108 Å². The van der Waals surface area contributed by atoms with Gasteiger partial charge in [-0.15, -0.1) is 0 Å². The lowest BCUT2D eigenvalue weighted by Crippen LogP contribution is -2.59. The van der Waals surface area contributed by atoms with Crippen molar-refractivity contribution in [2.24, 2.45) is 23.7 Å². The van der Waals surface area contributed by atoms with Crippen molar-refractivity contribution < 1.29 is 29.0 Å². The predicted molar refractivity (Wildman–Crippen MR) is 133 cm³/mol. The van der Waals surface area contributed by atoms with Crippen LogP contribution in [-0.2, 0) is 23.9 Å². The van der Waals surface area contributed by atoms with Crippen molar-refractivity contribution in [1.82, 2.24) is 20.4 Å². The van der Waals surface area contributed by atoms with Crippen molar-refractivity contribution in [1.29, 1.82) is 0 Å². The number of fused-ring (bicyclic) bond motifs is 1. The minimum atomic E-state index is -1.09. The van der Waals surface area contributed by atoms with E-state index in [0.29, 0.717) is 39.3 Å². The molecule has 7 atom stereocenters. The number of hydrogen-bond donors (Lipinski definition) is 3. The molecule has 10 heteroatoms. The lowest BCUT2D eigenvalue weighted by molar-refractivity contribution is -0.152. The van der Waals surface area contributed by atoms with Crippen molar-refractivity contribution >= 4 is 17.7 Å². The summed E-state index contributed by atoms with van der Waals surface area (Å²) in [6.07, 6.45) is 1.31. The molecule has 4 saturated heterocycles. The second-order valence-electron chi connectivity index (χ2n) is 11.5. The van der Waals surface area contributed by atoms with Gasteiger partial charge in [0.05, 0.1) is 43.3 Å². The molecule has 204 valence electrons. The van der Waals surface area contributed by atoms with E-state index in [0.717, 1.165) is 19.5 Å². The molecule has 1 spiro atoms. The Morgan fingerprint density at radius 3 is 2.44 bits per heavy atom. The number of aliphatic hydroxyl groups is 1. The molecule has 4 heterocycles. The molecule has 3 N–H and O–H groups in total. The van der Waals surface area contributed by atoms with E-state index >= 15 is 0 Å².